The van der Waals surface area contributed by atoms with Gasteiger partial charge in [-0.25, -0.2) is 0 Å². The first-order valence-corrected chi connectivity index (χ1v) is 5.12. The Bertz CT molecular complexity index is 255. The molecule has 2 rings (SSSR count). The lowest BCUT2D eigenvalue weighted by Gasteiger charge is -2.27. The second-order valence-corrected chi connectivity index (χ2v) is 4.11. The summed E-state index contributed by atoms with van der Waals surface area (Å²) in [5.74, 6) is 1.55. The highest BCUT2D eigenvalue weighted by atomic mass is 14.9. The average Bonchev–Trinajstić information content (AvgIpc) is 2.19. The summed E-state index contributed by atoms with van der Waals surface area (Å²) in [6, 6.07) is 10.8. The first-order chi connectivity index (χ1) is 6.36. The predicted molar refractivity (Wildman–Crippen MR) is 55.8 cm³/mol. The van der Waals surface area contributed by atoms with Crippen LogP contribution in [0.1, 0.15) is 24.8 Å². The van der Waals surface area contributed by atoms with E-state index in [2.05, 4.69) is 42.6 Å². The van der Waals surface area contributed by atoms with Crippen LogP contribution in [0.15, 0.2) is 30.3 Å². The standard InChI is InChI=1S/C12H17N/c1-10-7-12(9-13-8-10)11-5-3-2-4-6-11/h2-6,10,12-13H,7-9H2,1H3/t10-,12+/m1/s1. The van der Waals surface area contributed by atoms with Crippen molar-refractivity contribution in [1.82, 2.24) is 5.32 Å². The van der Waals surface area contributed by atoms with Crippen LogP contribution < -0.4 is 5.32 Å². The number of piperidine rings is 1. The number of benzene rings is 1. The Morgan fingerprint density at radius 3 is 2.62 bits per heavy atom. The number of rotatable bonds is 1. The zero-order valence-corrected chi connectivity index (χ0v) is 8.16. The molecule has 0 unspecified atom stereocenters. The molecule has 0 aromatic heterocycles. The molecule has 0 spiro atoms. The van der Waals surface area contributed by atoms with Crippen molar-refractivity contribution in [3.63, 3.8) is 0 Å². The van der Waals surface area contributed by atoms with Gasteiger partial charge in [0.1, 0.15) is 0 Å². The highest BCUT2D eigenvalue weighted by Gasteiger charge is 2.19. The minimum Gasteiger partial charge on any atom is -0.316 e. The van der Waals surface area contributed by atoms with E-state index < -0.39 is 0 Å². The Kier molecular flexibility index (Phi) is 2.65. The fourth-order valence-corrected chi connectivity index (χ4v) is 2.14. The first kappa shape index (κ1) is 8.76. The SMILES string of the molecule is C[C@H]1CNC[C@@H](c2ccccc2)C1. The summed E-state index contributed by atoms with van der Waals surface area (Å²) in [6.07, 6.45) is 1.33. The quantitative estimate of drug-likeness (QED) is 0.691. The summed E-state index contributed by atoms with van der Waals surface area (Å²) in [5, 5.41) is 3.48. The molecule has 70 valence electrons. The number of hydrogen-bond acceptors (Lipinski definition) is 1. The van der Waals surface area contributed by atoms with Crippen LogP contribution in [0.2, 0.25) is 0 Å². The molecule has 1 saturated heterocycles. The van der Waals surface area contributed by atoms with Gasteiger partial charge in [-0.2, -0.15) is 0 Å². The van der Waals surface area contributed by atoms with Gasteiger partial charge in [0.25, 0.3) is 0 Å². The van der Waals surface area contributed by atoms with Crippen LogP contribution in [0.3, 0.4) is 0 Å². The normalized spacial score (nSPS) is 28.7. The fraction of sp³-hybridized carbons (Fsp3) is 0.500. The Morgan fingerprint density at radius 2 is 1.92 bits per heavy atom. The number of nitrogens with one attached hydrogen (secondary N) is 1. The molecule has 0 radical (unpaired) electrons. The van der Waals surface area contributed by atoms with Crippen molar-refractivity contribution in [3.8, 4) is 0 Å². The van der Waals surface area contributed by atoms with Crippen LogP contribution in [0.5, 0.6) is 0 Å². The minimum atomic E-state index is 0.727. The fourth-order valence-electron chi connectivity index (χ4n) is 2.14. The molecule has 13 heavy (non-hydrogen) atoms. The smallest absolute Gasteiger partial charge is 0.00203 e. The van der Waals surface area contributed by atoms with E-state index in [1.165, 1.54) is 18.5 Å². The highest BCUT2D eigenvalue weighted by Crippen LogP contribution is 2.25. The van der Waals surface area contributed by atoms with Gasteiger partial charge in [0, 0.05) is 6.54 Å². The molecule has 1 fully saturated rings. The molecule has 0 aliphatic carbocycles. The van der Waals surface area contributed by atoms with Gasteiger partial charge in [0.15, 0.2) is 0 Å². The Hall–Kier alpha value is -0.820. The summed E-state index contributed by atoms with van der Waals surface area (Å²) in [5.41, 5.74) is 1.49. The molecule has 1 N–H and O–H groups in total. The monoisotopic (exact) mass is 175 g/mol. The molecule has 0 bridgehead atoms. The zero-order valence-electron chi connectivity index (χ0n) is 8.16. The van der Waals surface area contributed by atoms with Gasteiger partial charge >= 0.3 is 0 Å². The van der Waals surface area contributed by atoms with E-state index in [1.54, 1.807) is 0 Å². The topological polar surface area (TPSA) is 12.0 Å². The molecule has 1 aromatic carbocycles. The van der Waals surface area contributed by atoms with Crippen molar-refractivity contribution >= 4 is 0 Å². The molecule has 1 heterocycles. The molecule has 0 saturated carbocycles. The van der Waals surface area contributed by atoms with E-state index in [-0.39, 0.29) is 0 Å². The van der Waals surface area contributed by atoms with Crippen LogP contribution in [0.25, 0.3) is 0 Å². The summed E-state index contributed by atoms with van der Waals surface area (Å²) in [4.78, 5) is 0. The lowest BCUT2D eigenvalue weighted by Crippen LogP contribution is -2.33. The molecule has 1 aromatic rings. The van der Waals surface area contributed by atoms with Crippen molar-refractivity contribution < 1.29 is 0 Å². The van der Waals surface area contributed by atoms with Gasteiger partial charge < -0.3 is 5.32 Å². The Morgan fingerprint density at radius 1 is 1.15 bits per heavy atom. The van der Waals surface area contributed by atoms with E-state index in [0.29, 0.717) is 0 Å². The molecular weight excluding hydrogens is 158 g/mol. The van der Waals surface area contributed by atoms with Crippen molar-refractivity contribution in [2.45, 2.75) is 19.3 Å². The van der Waals surface area contributed by atoms with Gasteiger partial charge in [0.2, 0.25) is 0 Å². The maximum Gasteiger partial charge on any atom is 0.00203 e. The van der Waals surface area contributed by atoms with Gasteiger partial charge in [-0.3, -0.25) is 0 Å². The second kappa shape index (κ2) is 3.93. The second-order valence-electron chi connectivity index (χ2n) is 4.11. The third kappa shape index (κ3) is 2.10. The van der Waals surface area contributed by atoms with Gasteiger partial charge in [-0.05, 0) is 30.4 Å². The molecule has 1 aliphatic rings. The maximum absolute atomic E-state index is 3.48. The molecule has 0 amide bonds. The lowest BCUT2D eigenvalue weighted by atomic mass is 9.87. The maximum atomic E-state index is 3.48. The van der Waals surface area contributed by atoms with Gasteiger partial charge in [0.05, 0.1) is 0 Å². The molecule has 1 heteroatoms. The lowest BCUT2D eigenvalue weighted by molar-refractivity contribution is 0.364. The number of hydrogen-bond donors (Lipinski definition) is 1. The van der Waals surface area contributed by atoms with E-state index in [0.717, 1.165) is 18.4 Å². The van der Waals surface area contributed by atoms with Crippen molar-refractivity contribution in [2.24, 2.45) is 5.92 Å². The molecular formula is C12H17N. The van der Waals surface area contributed by atoms with Crippen molar-refractivity contribution in [3.05, 3.63) is 35.9 Å². The summed E-state index contributed by atoms with van der Waals surface area (Å²) < 4.78 is 0. The van der Waals surface area contributed by atoms with Crippen molar-refractivity contribution in [2.75, 3.05) is 13.1 Å². The third-order valence-corrected chi connectivity index (χ3v) is 2.84. The average molecular weight is 175 g/mol. The summed E-state index contributed by atoms with van der Waals surface area (Å²) >= 11 is 0. The van der Waals surface area contributed by atoms with Gasteiger partial charge in [-0.1, -0.05) is 37.3 Å². The molecule has 1 aliphatic heterocycles. The van der Waals surface area contributed by atoms with E-state index in [4.69, 9.17) is 0 Å². The van der Waals surface area contributed by atoms with Crippen LogP contribution in [0.4, 0.5) is 0 Å². The van der Waals surface area contributed by atoms with E-state index in [9.17, 15) is 0 Å². The first-order valence-electron chi connectivity index (χ1n) is 5.12. The summed E-state index contributed by atoms with van der Waals surface area (Å²) in [7, 11) is 0. The Balaban J connectivity index is 2.08. The van der Waals surface area contributed by atoms with E-state index in [1.807, 2.05) is 0 Å². The van der Waals surface area contributed by atoms with Crippen LogP contribution in [-0.4, -0.2) is 13.1 Å². The van der Waals surface area contributed by atoms with Crippen molar-refractivity contribution in [1.29, 1.82) is 0 Å². The summed E-state index contributed by atoms with van der Waals surface area (Å²) in [6.45, 7) is 4.65. The van der Waals surface area contributed by atoms with E-state index >= 15 is 0 Å². The molecule has 1 nitrogen and oxygen atoms in total. The molecule has 2 atom stereocenters. The zero-order chi connectivity index (χ0) is 9.10. The van der Waals surface area contributed by atoms with Crippen LogP contribution in [0, 0.1) is 5.92 Å². The highest BCUT2D eigenvalue weighted by molar-refractivity contribution is 5.20. The Labute approximate surface area is 80.2 Å². The predicted octanol–water partition coefficient (Wildman–Crippen LogP) is 2.40. The van der Waals surface area contributed by atoms with Crippen LogP contribution >= 0.6 is 0 Å². The largest absolute Gasteiger partial charge is 0.316 e. The van der Waals surface area contributed by atoms with Crippen LogP contribution in [-0.2, 0) is 0 Å². The minimum absolute atomic E-state index is 0.727. The van der Waals surface area contributed by atoms with Gasteiger partial charge in [-0.15, -0.1) is 0 Å². The third-order valence-electron chi connectivity index (χ3n) is 2.84.